The standard InChI is InChI=1S/C29H26ClN5O3/c30-25-16-21(4-7-28(25)38-27-3-1-2-20-8-9-31-18-24(20)27)34-29-23-17-22(5-6-26(23)32-19-33-29)37-15-12-35-10-13-36-14-11-35/h1-9,16-19H,10-15H2,(H,32,33,34). The van der Waals surface area contributed by atoms with Crippen molar-refractivity contribution in [2.75, 3.05) is 44.8 Å². The molecule has 0 saturated carbocycles. The predicted molar refractivity (Wildman–Crippen MR) is 149 cm³/mol. The molecule has 38 heavy (non-hydrogen) atoms. The van der Waals surface area contributed by atoms with Gasteiger partial charge in [-0.25, -0.2) is 9.97 Å². The average molecular weight is 528 g/mol. The van der Waals surface area contributed by atoms with Gasteiger partial charge in [0.05, 0.1) is 23.8 Å². The Kier molecular flexibility index (Phi) is 7.17. The lowest BCUT2D eigenvalue weighted by molar-refractivity contribution is 0.0322. The Hall–Kier alpha value is -3.98. The van der Waals surface area contributed by atoms with Gasteiger partial charge in [-0.15, -0.1) is 0 Å². The van der Waals surface area contributed by atoms with Crippen molar-refractivity contribution in [2.45, 2.75) is 0 Å². The summed E-state index contributed by atoms with van der Waals surface area (Å²) in [5.41, 5.74) is 1.60. The third kappa shape index (κ3) is 5.47. The lowest BCUT2D eigenvalue weighted by Gasteiger charge is -2.26. The summed E-state index contributed by atoms with van der Waals surface area (Å²) in [6, 6.07) is 19.2. The number of ether oxygens (including phenoxy) is 3. The van der Waals surface area contributed by atoms with E-state index in [1.54, 1.807) is 12.4 Å². The van der Waals surface area contributed by atoms with Gasteiger partial charge in [-0.05, 0) is 53.9 Å². The van der Waals surface area contributed by atoms with E-state index in [0.29, 0.717) is 28.9 Å². The summed E-state index contributed by atoms with van der Waals surface area (Å²) < 4.78 is 17.6. The summed E-state index contributed by atoms with van der Waals surface area (Å²) in [7, 11) is 0. The molecule has 3 heterocycles. The fourth-order valence-corrected chi connectivity index (χ4v) is 4.65. The zero-order chi connectivity index (χ0) is 25.7. The summed E-state index contributed by atoms with van der Waals surface area (Å²) in [6.07, 6.45) is 5.09. The van der Waals surface area contributed by atoms with E-state index in [1.165, 1.54) is 6.33 Å². The molecule has 1 aliphatic rings. The molecule has 2 aromatic heterocycles. The number of aromatic nitrogens is 3. The van der Waals surface area contributed by atoms with Crippen molar-refractivity contribution in [1.82, 2.24) is 19.9 Å². The second kappa shape index (κ2) is 11.2. The van der Waals surface area contributed by atoms with Gasteiger partial charge >= 0.3 is 0 Å². The van der Waals surface area contributed by atoms with Crippen LogP contribution in [0.15, 0.2) is 79.4 Å². The van der Waals surface area contributed by atoms with Gasteiger partial charge in [0.2, 0.25) is 0 Å². The van der Waals surface area contributed by atoms with Crippen molar-refractivity contribution in [1.29, 1.82) is 0 Å². The molecule has 8 nitrogen and oxygen atoms in total. The lowest BCUT2D eigenvalue weighted by Crippen LogP contribution is -2.38. The zero-order valence-corrected chi connectivity index (χ0v) is 21.4. The van der Waals surface area contributed by atoms with Gasteiger partial charge in [-0.3, -0.25) is 9.88 Å². The van der Waals surface area contributed by atoms with E-state index in [9.17, 15) is 0 Å². The van der Waals surface area contributed by atoms with Crippen molar-refractivity contribution in [3.63, 3.8) is 0 Å². The number of nitrogens with one attached hydrogen (secondary N) is 1. The Balaban J connectivity index is 1.18. The number of morpholine rings is 1. The van der Waals surface area contributed by atoms with Crippen LogP contribution in [0.5, 0.6) is 17.2 Å². The second-order valence-electron chi connectivity index (χ2n) is 8.93. The fourth-order valence-electron chi connectivity index (χ4n) is 4.43. The number of hydrogen-bond acceptors (Lipinski definition) is 8. The van der Waals surface area contributed by atoms with Crippen molar-refractivity contribution < 1.29 is 14.2 Å². The minimum Gasteiger partial charge on any atom is -0.492 e. The van der Waals surface area contributed by atoms with Gasteiger partial charge in [0.1, 0.15) is 36.0 Å². The first-order valence-corrected chi connectivity index (χ1v) is 12.9. The smallest absolute Gasteiger partial charge is 0.146 e. The zero-order valence-electron chi connectivity index (χ0n) is 20.6. The SMILES string of the molecule is Clc1cc(Nc2ncnc3ccc(OCCN4CCOCC4)cc23)ccc1Oc1cccc2ccncc12. The van der Waals surface area contributed by atoms with Gasteiger partial charge in [0.25, 0.3) is 0 Å². The largest absolute Gasteiger partial charge is 0.492 e. The molecular weight excluding hydrogens is 502 g/mol. The van der Waals surface area contributed by atoms with Crippen LogP contribution in [0.4, 0.5) is 11.5 Å². The van der Waals surface area contributed by atoms with Crippen LogP contribution in [0, 0.1) is 0 Å². The molecule has 9 heteroatoms. The molecule has 0 bridgehead atoms. The maximum absolute atomic E-state index is 6.62. The summed E-state index contributed by atoms with van der Waals surface area (Å²) in [5, 5.41) is 6.66. The Morgan fingerprint density at radius 3 is 2.76 bits per heavy atom. The molecular formula is C29H26ClN5O3. The van der Waals surface area contributed by atoms with Crippen molar-refractivity contribution >= 4 is 44.8 Å². The first kappa shape index (κ1) is 24.4. The van der Waals surface area contributed by atoms with Crippen LogP contribution in [0.2, 0.25) is 5.02 Å². The monoisotopic (exact) mass is 527 g/mol. The molecule has 0 spiro atoms. The van der Waals surface area contributed by atoms with Gasteiger partial charge < -0.3 is 19.5 Å². The van der Waals surface area contributed by atoms with E-state index in [-0.39, 0.29) is 0 Å². The highest BCUT2D eigenvalue weighted by atomic mass is 35.5. The highest BCUT2D eigenvalue weighted by Gasteiger charge is 2.12. The number of nitrogens with zero attached hydrogens (tertiary/aromatic N) is 4. The average Bonchev–Trinajstić information content (AvgIpc) is 2.95. The van der Waals surface area contributed by atoms with E-state index in [0.717, 1.165) is 66.0 Å². The minimum atomic E-state index is 0.474. The van der Waals surface area contributed by atoms with Crippen LogP contribution >= 0.6 is 11.6 Å². The molecule has 0 unspecified atom stereocenters. The summed E-state index contributed by atoms with van der Waals surface area (Å²) >= 11 is 6.62. The van der Waals surface area contributed by atoms with Crippen molar-refractivity contribution in [2.24, 2.45) is 0 Å². The number of pyridine rings is 1. The molecule has 1 aliphatic heterocycles. The Bertz CT molecular complexity index is 1570. The predicted octanol–water partition coefficient (Wildman–Crippen LogP) is 6.08. The summed E-state index contributed by atoms with van der Waals surface area (Å²) in [5.74, 6) is 2.69. The van der Waals surface area contributed by atoms with E-state index in [1.807, 2.05) is 60.7 Å². The van der Waals surface area contributed by atoms with Crippen LogP contribution in [0.25, 0.3) is 21.7 Å². The molecule has 1 fully saturated rings. The Labute approximate surface area is 225 Å². The Morgan fingerprint density at radius 1 is 0.947 bits per heavy atom. The molecule has 0 atom stereocenters. The van der Waals surface area contributed by atoms with Crippen LogP contribution in [0.1, 0.15) is 0 Å². The molecule has 0 aliphatic carbocycles. The van der Waals surface area contributed by atoms with E-state index >= 15 is 0 Å². The molecule has 0 radical (unpaired) electrons. The normalized spacial score (nSPS) is 14.0. The van der Waals surface area contributed by atoms with Gasteiger partial charge in [0.15, 0.2) is 0 Å². The van der Waals surface area contributed by atoms with E-state index in [4.69, 9.17) is 25.8 Å². The van der Waals surface area contributed by atoms with E-state index in [2.05, 4.69) is 25.2 Å². The van der Waals surface area contributed by atoms with Crippen LogP contribution in [-0.4, -0.2) is 59.3 Å². The second-order valence-corrected chi connectivity index (χ2v) is 9.34. The van der Waals surface area contributed by atoms with Crippen LogP contribution < -0.4 is 14.8 Å². The summed E-state index contributed by atoms with van der Waals surface area (Å²) in [4.78, 5) is 15.4. The number of fused-ring (bicyclic) bond motifs is 2. The number of hydrogen-bond donors (Lipinski definition) is 1. The van der Waals surface area contributed by atoms with Gasteiger partial charge in [0, 0.05) is 48.5 Å². The first-order valence-electron chi connectivity index (χ1n) is 12.5. The third-order valence-corrected chi connectivity index (χ3v) is 6.74. The molecule has 0 amide bonds. The fraction of sp³-hybridized carbons (Fsp3) is 0.207. The van der Waals surface area contributed by atoms with Crippen molar-refractivity contribution in [3.05, 3.63) is 84.4 Å². The highest BCUT2D eigenvalue weighted by molar-refractivity contribution is 6.32. The lowest BCUT2D eigenvalue weighted by atomic mass is 10.1. The quantitative estimate of drug-likeness (QED) is 0.260. The van der Waals surface area contributed by atoms with Crippen LogP contribution in [0.3, 0.4) is 0 Å². The molecule has 192 valence electrons. The maximum Gasteiger partial charge on any atom is 0.146 e. The molecule has 6 rings (SSSR count). The molecule has 3 aromatic carbocycles. The molecule has 1 N–H and O–H groups in total. The number of rotatable bonds is 8. The van der Waals surface area contributed by atoms with Gasteiger partial charge in [-0.1, -0.05) is 23.7 Å². The topological polar surface area (TPSA) is 81.6 Å². The Morgan fingerprint density at radius 2 is 1.87 bits per heavy atom. The van der Waals surface area contributed by atoms with Crippen LogP contribution in [-0.2, 0) is 4.74 Å². The number of halogens is 1. The summed E-state index contributed by atoms with van der Waals surface area (Å²) in [6.45, 7) is 4.90. The van der Waals surface area contributed by atoms with Gasteiger partial charge in [-0.2, -0.15) is 0 Å². The van der Waals surface area contributed by atoms with E-state index < -0.39 is 0 Å². The molecule has 5 aromatic rings. The van der Waals surface area contributed by atoms with Crippen molar-refractivity contribution in [3.8, 4) is 17.2 Å². The highest BCUT2D eigenvalue weighted by Crippen LogP contribution is 2.36. The molecule has 1 saturated heterocycles. The number of anilines is 2. The maximum atomic E-state index is 6.62. The minimum absolute atomic E-state index is 0.474. The first-order chi connectivity index (χ1) is 18.7. The number of benzene rings is 3. The third-order valence-electron chi connectivity index (χ3n) is 6.44.